The number of ether oxygens (including phenoxy) is 2. The van der Waals surface area contributed by atoms with Crippen molar-refractivity contribution in [1.29, 1.82) is 0 Å². The third-order valence-corrected chi connectivity index (χ3v) is 4.57. The van der Waals surface area contributed by atoms with Gasteiger partial charge in [-0.05, 0) is 47.8 Å². The highest BCUT2D eigenvalue weighted by Gasteiger charge is 2.05. The Hall–Kier alpha value is -3.06. The molecule has 0 aliphatic carbocycles. The van der Waals surface area contributed by atoms with E-state index in [1.165, 1.54) is 0 Å². The Kier molecular flexibility index (Phi) is 6.65. The Morgan fingerprint density at radius 1 is 1.11 bits per heavy atom. The van der Waals surface area contributed by atoms with Crippen LogP contribution in [0.1, 0.15) is 4.88 Å². The highest BCUT2D eigenvalue weighted by molar-refractivity contribution is 7.10. The summed E-state index contributed by atoms with van der Waals surface area (Å²) in [6.45, 7) is 1.12. The van der Waals surface area contributed by atoms with E-state index in [4.69, 9.17) is 9.47 Å². The number of anilines is 2. The first-order valence-electron chi connectivity index (χ1n) is 8.52. The molecule has 2 heterocycles. The zero-order valence-electron chi connectivity index (χ0n) is 15.0. The molecule has 0 aliphatic heterocycles. The zero-order valence-corrected chi connectivity index (χ0v) is 15.8. The van der Waals surface area contributed by atoms with E-state index in [0.717, 1.165) is 22.2 Å². The van der Waals surface area contributed by atoms with Crippen LogP contribution in [0.3, 0.4) is 0 Å². The molecule has 0 saturated heterocycles. The second-order valence-electron chi connectivity index (χ2n) is 5.69. The van der Waals surface area contributed by atoms with Crippen molar-refractivity contribution in [2.24, 2.45) is 0 Å². The van der Waals surface area contributed by atoms with Crippen LogP contribution in [0.5, 0.6) is 11.5 Å². The van der Waals surface area contributed by atoms with E-state index in [0.29, 0.717) is 25.3 Å². The Bertz CT molecular complexity index is 834. The van der Waals surface area contributed by atoms with Gasteiger partial charge in [-0.3, -0.25) is 4.79 Å². The molecule has 27 heavy (non-hydrogen) atoms. The van der Waals surface area contributed by atoms with Gasteiger partial charge in [0.15, 0.2) is 0 Å². The number of methoxy groups -OCH3 is 1. The van der Waals surface area contributed by atoms with E-state index in [9.17, 15) is 4.79 Å². The van der Waals surface area contributed by atoms with E-state index in [1.54, 1.807) is 24.6 Å². The van der Waals surface area contributed by atoms with Crippen molar-refractivity contribution in [2.45, 2.75) is 6.42 Å². The summed E-state index contributed by atoms with van der Waals surface area (Å²) < 4.78 is 10.8. The second kappa shape index (κ2) is 9.59. The number of aromatic nitrogens is 1. The van der Waals surface area contributed by atoms with Gasteiger partial charge in [0.25, 0.3) is 0 Å². The number of hydrogen-bond donors (Lipinski definition) is 2. The Balaban J connectivity index is 1.38. The minimum absolute atomic E-state index is 0.0483. The molecule has 140 valence electrons. The van der Waals surface area contributed by atoms with E-state index in [2.05, 4.69) is 15.6 Å². The predicted molar refractivity (Wildman–Crippen MR) is 108 cm³/mol. The van der Waals surface area contributed by atoms with E-state index >= 15 is 0 Å². The smallest absolute Gasteiger partial charge is 0.229 e. The molecule has 0 fully saturated rings. The van der Waals surface area contributed by atoms with Crippen LogP contribution in [-0.2, 0) is 11.2 Å². The van der Waals surface area contributed by atoms with Crippen molar-refractivity contribution in [3.05, 3.63) is 65.0 Å². The first-order valence-corrected chi connectivity index (χ1v) is 9.40. The number of amides is 1. The molecule has 0 atom stereocenters. The normalized spacial score (nSPS) is 10.3. The topological polar surface area (TPSA) is 72.5 Å². The maximum absolute atomic E-state index is 12.0. The minimum Gasteiger partial charge on any atom is -0.497 e. The Morgan fingerprint density at radius 2 is 1.93 bits per heavy atom. The molecule has 0 spiro atoms. The molecule has 6 nitrogen and oxygen atoms in total. The summed E-state index contributed by atoms with van der Waals surface area (Å²) in [4.78, 5) is 17.3. The molecular formula is C20H21N3O3S. The number of carbonyl (C=O) groups excluding carboxylic acids is 1. The molecule has 2 N–H and O–H groups in total. The summed E-state index contributed by atoms with van der Waals surface area (Å²) in [5.74, 6) is 2.26. The number of hydrogen-bond acceptors (Lipinski definition) is 6. The molecule has 7 heteroatoms. The van der Waals surface area contributed by atoms with E-state index in [1.807, 2.05) is 53.9 Å². The van der Waals surface area contributed by atoms with Crippen LogP contribution >= 0.6 is 11.3 Å². The van der Waals surface area contributed by atoms with Crippen molar-refractivity contribution in [1.82, 2.24) is 4.98 Å². The molecule has 0 saturated carbocycles. The zero-order chi connectivity index (χ0) is 18.9. The number of thiophene rings is 1. The molecular weight excluding hydrogens is 362 g/mol. The highest BCUT2D eigenvalue weighted by atomic mass is 32.1. The molecule has 0 unspecified atom stereocenters. The fourth-order valence-corrected chi connectivity index (χ4v) is 3.07. The van der Waals surface area contributed by atoms with Gasteiger partial charge >= 0.3 is 0 Å². The number of nitrogens with one attached hydrogen (secondary N) is 2. The van der Waals surface area contributed by atoms with Crippen molar-refractivity contribution in [3.8, 4) is 11.5 Å². The monoisotopic (exact) mass is 383 g/mol. The number of benzene rings is 1. The van der Waals surface area contributed by atoms with Gasteiger partial charge in [-0.25, -0.2) is 4.98 Å². The van der Waals surface area contributed by atoms with Crippen molar-refractivity contribution < 1.29 is 14.3 Å². The summed E-state index contributed by atoms with van der Waals surface area (Å²) >= 11 is 1.57. The van der Waals surface area contributed by atoms with Crippen LogP contribution in [-0.4, -0.2) is 31.2 Å². The lowest BCUT2D eigenvalue weighted by atomic mass is 10.3. The highest BCUT2D eigenvalue weighted by Crippen LogP contribution is 2.17. The summed E-state index contributed by atoms with van der Waals surface area (Å²) in [7, 11) is 1.63. The lowest BCUT2D eigenvalue weighted by molar-refractivity contribution is -0.115. The molecule has 1 aromatic carbocycles. The van der Waals surface area contributed by atoms with Crippen LogP contribution in [0.25, 0.3) is 0 Å². The number of nitrogens with zero attached hydrogens (tertiary/aromatic N) is 1. The minimum atomic E-state index is -0.0483. The van der Waals surface area contributed by atoms with E-state index < -0.39 is 0 Å². The third kappa shape index (κ3) is 6.00. The molecule has 0 radical (unpaired) electrons. The first-order chi connectivity index (χ1) is 13.2. The van der Waals surface area contributed by atoms with Gasteiger partial charge in [-0.2, -0.15) is 0 Å². The van der Waals surface area contributed by atoms with Gasteiger partial charge in [-0.1, -0.05) is 6.07 Å². The molecule has 3 rings (SSSR count). The number of rotatable bonds is 9. The summed E-state index contributed by atoms with van der Waals surface area (Å²) in [5, 5.41) is 7.99. The molecule has 0 bridgehead atoms. The SMILES string of the molecule is COc1ccc(OCCNc2ccc(NC(=O)Cc3cccs3)cn2)cc1. The van der Waals surface area contributed by atoms with Crippen molar-refractivity contribution >= 4 is 28.7 Å². The van der Waals surface area contributed by atoms with Crippen LogP contribution in [0.15, 0.2) is 60.1 Å². The predicted octanol–water partition coefficient (Wildman–Crippen LogP) is 3.82. The lowest BCUT2D eigenvalue weighted by Crippen LogP contribution is -2.14. The third-order valence-electron chi connectivity index (χ3n) is 3.70. The average molecular weight is 383 g/mol. The van der Waals surface area contributed by atoms with E-state index in [-0.39, 0.29) is 5.91 Å². The fraction of sp³-hybridized carbons (Fsp3) is 0.200. The van der Waals surface area contributed by atoms with Crippen LogP contribution in [0.2, 0.25) is 0 Å². The van der Waals surface area contributed by atoms with Gasteiger partial charge in [0.05, 0.1) is 32.0 Å². The average Bonchev–Trinajstić information content (AvgIpc) is 3.20. The largest absolute Gasteiger partial charge is 0.497 e. The standard InChI is InChI=1S/C20H21N3O3S/c1-25-16-5-7-17(8-6-16)26-11-10-21-19-9-4-15(14-22-19)23-20(24)13-18-3-2-12-27-18/h2-9,12,14H,10-11,13H2,1H3,(H,21,22)(H,23,24). The summed E-state index contributed by atoms with van der Waals surface area (Å²) in [6, 6.07) is 15.0. The fourth-order valence-electron chi connectivity index (χ4n) is 2.37. The van der Waals surface area contributed by atoms with Crippen molar-refractivity contribution in [2.75, 3.05) is 30.9 Å². The first kappa shape index (κ1) is 18.7. The van der Waals surface area contributed by atoms with Crippen molar-refractivity contribution in [3.63, 3.8) is 0 Å². The van der Waals surface area contributed by atoms with Crippen LogP contribution in [0, 0.1) is 0 Å². The van der Waals surface area contributed by atoms with Gasteiger partial charge in [-0.15, -0.1) is 11.3 Å². The molecule has 0 aliphatic rings. The quantitative estimate of drug-likeness (QED) is 0.550. The maximum atomic E-state index is 12.0. The Morgan fingerprint density at radius 3 is 2.59 bits per heavy atom. The van der Waals surface area contributed by atoms with Gasteiger partial charge in [0.2, 0.25) is 5.91 Å². The van der Waals surface area contributed by atoms with Gasteiger partial charge in [0, 0.05) is 4.88 Å². The van der Waals surface area contributed by atoms with Gasteiger partial charge in [0.1, 0.15) is 23.9 Å². The lowest BCUT2D eigenvalue weighted by Gasteiger charge is -2.09. The Labute approximate surface area is 162 Å². The van der Waals surface area contributed by atoms with Gasteiger partial charge < -0.3 is 20.1 Å². The number of pyridine rings is 1. The molecule has 1 amide bonds. The molecule has 2 aromatic heterocycles. The van der Waals surface area contributed by atoms with Crippen LogP contribution < -0.4 is 20.1 Å². The summed E-state index contributed by atoms with van der Waals surface area (Å²) in [5.41, 5.74) is 0.677. The number of carbonyl (C=O) groups is 1. The second-order valence-corrected chi connectivity index (χ2v) is 6.72. The molecule has 3 aromatic rings. The maximum Gasteiger partial charge on any atom is 0.229 e. The summed E-state index contributed by atoms with van der Waals surface area (Å²) in [6.07, 6.45) is 2.01. The van der Waals surface area contributed by atoms with Crippen LogP contribution in [0.4, 0.5) is 11.5 Å².